The zero-order valence-electron chi connectivity index (χ0n) is 9.08. The maximum absolute atomic E-state index is 9.68. The summed E-state index contributed by atoms with van der Waals surface area (Å²) in [4.78, 5) is 1.39. The van der Waals surface area contributed by atoms with Crippen LogP contribution in [0.1, 0.15) is 25.6 Å². The minimum Gasteiger partial charge on any atom is -0.389 e. The molecule has 3 heteroatoms. The second-order valence-corrected chi connectivity index (χ2v) is 5.19. The van der Waals surface area contributed by atoms with Gasteiger partial charge in [-0.1, -0.05) is 6.07 Å². The normalized spacial score (nSPS) is 14.3. The van der Waals surface area contributed by atoms with Crippen LogP contribution >= 0.6 is 11.3 Å². The van der Waals surface area contributed by atoms with Crippen molar-refractivity contribution in [2.45, 2.75) is 38.8 Å². The molecule has 0 fully saturated rings. The van der Waals surface area contributed by atoms with Gasteiger partial charge < -0.3 is 10.4 Å². The van der Waals surface area contributed by atoms with E-state index in [0.717, 1.165) is 13.0 Å². The van der Waals surface area contributed by atoms with Crippen molar-refractivity contribution in [2.75, 3.05) is 6.54 Å². The van der Waals surface area contributed by atoms with E-state index in [-0.39, 0.29) is 6.04 Å². The van der Waals surface area contributed by atoms with Gasteiger partial charge in [-0.2, -0.15) is 0 Å². The molecule has 0 saturated heterocycles. The zero-order chi connectivity index (χ0) is 10.6. The molecular weight excluding hydrogens is 194 g/mol. The van der Waals surface area contributed by atoms with Crippen LogP contribution in [0.2, 0.25) is 0 Å². The maximum atomic E-state index is 9.68. The fourth-order valence-corrected chi connectivity index (χ4v) is 1.83. The van der Waals surface area contributed by atoms with Crippen LogP contribution in [0.15, 0.2) is 17.5 Å². The molecule has 0 aliphatic carbocycles. The molecule has 2 nitrogen and oxygen atoms in total. The molecule has 0 aliphatic heterocycles. The van der Waals surface area contributed by atoms with Gasteiger partial charge in [0.05, 0.1) is 5.60 Å². The molecule has 0 bridgehead atoms. The van der Waals surface area contributed by atoms with Crippen molar-refractivity contribution in [3.63, 3.8) is 0 Å². The topological polar surface area (TPSA) is 32.3 Å². The van der Waals surface area contributed by atoms with E-state index in [1.54, 1.807) is 11.3 Å². The molecule has 0 aliphatic rings. The summed E-state index contributed by atoms with van der Waals surface area (Å²) in [5.74, 6) is 0. The maximum Gasteiger partial charge on any atom is 0.0741 e. The molecule has 0 aromatic carbocycles. The van der Waals surface area contributed by atoms with Gasteiger partial charge in [0.15, 0.2) is 0 Å². The van der Waals surface area contributed by atoms with E-state index in [2.05, 4.69) is 22.8 Å². The summed E-state index contributed by atoms with van der Waals surface area (Å²) in [7, 11) is 0. The summed E-state index contributed by atoms with van der Waals surface area (Å²) in [5, 5.41) is 15.1. The van der Waals surface area contributed by atoms with Gasteiger partial charge in [0.1, 0.15) is 0 Å². The lowest BCUT2D eigenvalue weighted by atomic mass is 10.0. The van der Waals surface area contributed by atoms with Gasteiger partial charge in [-0.3, -0.25) is 0 Å². The highest BCUT2D eigenvalue weighted by Crippen LogP contribution is 2.10. The largest absolute Gasteiger partial charge is 0.389 e. The standard InChI is InChI=1S/C11H19NOS/c1-9(11(2,3)13)12-7-6-10-5-4-8-14-10/h4-5,8-9,12-13H,6-7H2,1-3H3. The predicted molar refractivity (Wildman–Crippen MR) is 61.8 cm³/mol. The van der Waals surface area contributed by atoms with Gasteiger partial charge in [0.2, 0.25) is 0 Å². The summed E-state index contributed by atoms with van der Waals surface area (Å²) < 4.78 is 0. The molecule has 0 saturated carbocycles. The van der Waals surface area contributed by atoms with Gasteiger partial charge in [-0.15, -0.1) is 11.3 Å². The summed E-state index contributed by atoms with van der Waals surface area (Å²) >= 11 is 1.78. The van der Waals surface area contributed by atoms with Crippen LogP contribution < -0.4 is 5.32 Å². The van der Waals surface area contributed by atoms with Crippen LogP contribution in [0.25, 0.3) is 0 Å². The molecule has 1 heterocycles. The van der Waals surface area contributed by atoms with Crippen LogP contribution in [-0.2, 0) is 6.42 Å². The van der Waals surface area contributed by atoms with Crippen molar-refractivity contribution in [1.82, 2.24) is 5.32 Å². The molecule has 0 spiro atoms. The molecule has 0 amide bonds. The minimum absolute atomic E-state index is 0.127. The molecule has 80 valence electrons. The predicted octanol–water partition coefficient (Wildman–Crippen LogP) is 2.04. The fraction of sp³-hybridized carbons (Fsp3) is 0.636. The summed E-state index contributed by atoms with van der Waals surface area (Å²) in [6.07, 6.45) is 1.04. The average Bonchev–Trinajstić information content (AvgIpc) is 2.55. The van der Waals surface area contributed by atoms with Crippen LogP contribution in [0, 0.1) is 0 Å². The number of rotatable bonds is 5. The van der Waals surface area contributed by atoms with E-state index in [9.17, 15) is 5.11 Å². The van der Waals surface area contributed by atoms with Crippen molar-refractivity contribution in [2.24, 2.45) is 0 Å². The first kappa shape index (κ1) is 11.7. The lowest BCUT2D eigenvalue weighted by Crippen LogP contribution is -2.45. The number of hydrogen-bond acceptors (Lipinski definition) is 3. The SMILES string of the molecule is CC(NCCc1cccs1)C(C)(C)O. The van der Waals surface area contributed by atoms with Gasteiger partial charge in [0.25, 0.3) is 0 Å². The lowest BCUT2D eigenvalue weighted by Gasteiger charge is -2.26. The molecule has 1 rings (SSSR count). The van der Waals surface area contributed by atoms with Gasteiger partial charge in [-0.05, 0) is 38.6 Å². The Morgan fingerprint density at radius 3 is 2.79 bits per heavy atom. The smallest absolute Gasteiger partial charge is 0.0741 e. The third-order valence-corrected chi connectivity index (χ3v) is 3.40. The van der Waals surface area contributed by atoms with Crippen molar-refractivity contribution in [3.8, 4) is 0 Å². The molecule has 2 N–H and O–H groups in total. The first-order chi connectivity index (χ1) is 6.50. The van der Waals surface area contributed by atoms with Crippen LogP contribution in [0.3, 0.4) is 0 Å². The number of aliphatic hydroxyl groups is 1. The van der Waals surface area contributed by atoms with E-state index >= 15 is 0 Å². The van der Waals surface area contributed by atoms with E-state index in [4.69, 9.17) is 0 Å². The number of nitrogens with one attached hydrogen (secondary N) is 1. The molecule has 14 heavy (non-hydrogen) atoms. The van der Waals surface area contributed by atoms with Crippen LogP contribution in [0.4, 0.5) is 0 Å². The summed E-state index contributed by atoms with van der Waals surface area (Å²) in [6.45, 7) is 6.59. The molecular formula is C11H19NOS. The first-order valence-electron chi connectivity index (χ1n) is 4.98. The van der Waals surface area contributed by atoms with Crippen LogP contribution in [-0.4, -0.2) is 23.3 Å². The van der Waals surface area contributed by atoms with E-state index in [1.165, 1.54) is 4.88 Å². The third kappa shape index (κ3) is 3.78. The lowest BCUT2D eigenvalue weighted by molar-refractivity contribution is 0.0446. The first-order valence-corrected chi connectivity index (χ1v) is 5.86. The van der Waals surface area contributed by atoms with Crippen molar-refractivity contribution in [1.29, 1.82) is 0 Å². The zero-order valence-corrected chi connectivity index (χ0v) is 9.90. The summed E-state index contributed by atoms with van der Waals surface area (Å²) in [6, 6.07) is 4.34. The second kappa shape index (κ2) is 4.91. The Hall–Kier alpha value is -0.380. The van der Waals surface area contributed by atoms with Crippen LogP contribution in [0.5, 0.6) is 0 Å². The fourth-order valence-electron chi connectivity index (χ4n) is 1.12. The molecule has 1 aromatic rings. The van der Waals surface area contributed by atoms with Gasteiger partial charge >= 0.3 is 0 Å². The highest BCUT2D eigenvalue weighted by atomic mass is 32.1. The molecule has 1 atom stereocenters. The summed E-state index contributed by atoms with van der Waals surface area (Å²) in [5.41, 5.74) is -0.643. The Balaban J connectivity index is 2.22. The molecule has 1 aromatic heterocycles. The number of thiophene rings is 1. The Labute approximate surface area is 90.0 Å². The minimum atomic E-state index is -0.643. The van der Waals surface area contributed by atoms with Gasteiger partial charge in [0, 0.05) is 17.5 Å². The van der Waals surface area contributed by atoms with Crippen molar-refractivity contribution >= 4 is 11.3 Å². The monoisotopic (exact) mass is 213 g/mol. The second-order valence-electron chi connectivity index (χ2n) is 4.16. The highest BCUT2D eigenvalue weighted by Gasteiger charge is 2.20. The quantitative estimate of drug-likeness (QED) is 0.784. The average molecular weight is 213 g/mol. The molecule has 0 radical (unpaired) electrons. The van der Waals surface area contributed by atoms with Crippen molar-refractivity contribution in [3.05, 3.63) is 22.4 Å². The van der Waals surface area contributed by atoms with Gasteiger partial charge in [-0.25, -0.2) is 0 Å². The third-order valence-electron chi connectivity index (χ3n) is 2.46. The van der Waals surface area contributed by atoms with E-state index in [1.807, 2.05) is 20.8 Å². The Morgan fingerprint density at radius 1 is 1.57 bits per heavy atom. The highest BCUT2D eigenvalue weighted by molar-refractivity contribution is 7.09. The molecule has 1 unspecified atom stereocenters. The van der Waals surface area contributed by atoms with E-state index in [0.29, 0.717) is 0 Å². The Morgan fingerprint density at radius 2 is 2.29 bits per heavy atom. The Bertz CT molecular complexity index is 251. The van der Waals surface area contributed by atoms with E-state index < -0.39 is 5.60 Å². The van der Waals surface area contributed by atoms with Crippen molar-refractivity contribution < 1.29 is 5.11 Å². The Kier molecular flexibility index (Phi) is 4.11. The number of hydrogen-bond donors (Lipinski definition) is 2.